The SMILES string of the molecule is CC1CCCC(C)N1Nc1cncc(N)n1. The molecular formula is C11H19N5. The zero-order chi connectivity index (χ0) is 11.5. The van der Waals surface area contributed by atoms with Crippen LogP contribution in [0, 0.1) is 0 Å². The van der Waals surface area contributed by atoms with E-state index in [1.807, 2.05) is 0 Å². The van der Waals surface area contributed by atoms with Gasteiger partial charge >= 0.3 is 0 Å². The highest BCUT2D eigenvalue weighted by atomic mass is 15.5. The molecule has 0 amide bonds. The van der Waals surface area contributed by atoms with Gasteiger partial charge in [0.1, 0.15) is 5.82 Å². The lowest BCUT2D eigenvalue weighted by atomic mass is 10.00. The molecule has 2 unspecified atom stereocenters. The lowest BCUT2D eigenvalue weighted by Crippen LogP contribution is -2.47. The molecular weight excluding hydrogens is 202 g/mol. The fraction of sp³-hybridized carbons (Fsp3) is 0.636. The summed E-state index contributed by atoms with van der Waals surface area (Å²) < 4.78 is 0. The van der Waals surface area contributed by atoms with Crippen molar-refractivity contribution in [1.82, 2.24) is 15.0 Å². The van der Waals surface area contributed by atoms with Crippen LogP contribution in [0.5, 0.6) is 0 Å². The molecule has 3 N–H and O–H groups in total. The summed E-state index contributed by atoms with van der Waals surface area (Å²) in [7, 11) is 0. The first kappa shape index (κ1) is 11.1. The minimum absolute atomic E-state index is 0.447. The monoisotopic (exact) mass is 221 g/mol. The molecule has 16 heavy (non-hydrogen) atoms. The molecule has 0 radical (unpaired) electrons. The largest absolute Gasteiger partial charge is 0.382 e. The van der Waals surface area contributed by atoms with Crippen molar-refractivity contribution in [1.29, 1.82) is 0 Å². The summed E-state index contributed by atoms with van der Waals surface area (Å²) in [4.78, 5) is 8.22. The Morgan fingerprint density at radius 2 is 2.00 bits per heavy atom. The molecule has 2 heterocycles. The molecule has 0 spiro atoms. The van der Waals surface area contributed by atoms with Crippen LogP contribution in [-0.2, 0) is 0 Å². The minimum Gasteiger partial charge on any atom is -0.382 e. The molecule has 0 aromatic carbocycles. The van der Waals surface area contributed by atoms with Crippen LogP contribution < -0.4 is 11.2 Å². The van der Waals surface area contributed by atoms with Gasteiger partial charge in [-0.3, -0.25) is 4.98 Å². The van der Waals surface area contributed by atoms with E-state index in [9.17, 15) is 0 Å². The van der Waals surface area contributed by atoms with Crippen molar-refractivity contribution in [3.63, 3.8) is 0 Å². The van der Waals surface area contributed by atoms with Crippen LogP contribution in [0.1, 0.15) is 33.1 Å². The van der Waals surface area contributed by atoms with E-state index in [0.717, 1.165) is 5.82 Å². The van der Waals surface area contributed by atoms with Crippen LogP contribution in [0.4, 0.5) is 11.6 Å². The third kappa shape index (κ3) is 2.41. The van der Waals surface area contributed by atoms with Gasteiger partial charge < -0.3 is 11.2 Å². The van der Waals surface area contributed by atoms with Crippen molar-refractivity contribution in [3.05, 3.63) is 12.4 Å². The summed E-state index contributed by atoms with van der Waals surface area (Å²) in [5, 5.41) is 2.24. The zero-order valence-electron chi connectivity index (χ0n) is 9.85. The molecule has 2 rings (SSSR count). The summed E-state index contributed by atoms with van der Waals surface area (Å²) in [6.45, 7) is 4.45. The topological polar surface area (TPSA) is 67.1 Å². The van der Waals surface area contributed by atoms with Crippen molar-refractivity contribution >= 4 is 11.6 Å². The summed E-state index contributed by atoms with van der Waals surface area (Å²) in [5.41, 5.74) is 8.90. The second-order valence-corrected chi connectivity index (χ2v) is 4.48. The number of hydrogen-bond acceptors (Lipinski definition) is 5. The molecule has 0 bridgehead atoms. The van der Waals surface area contributed by atoms with Crippen LogP contribution in [0.3, 0.4) is 0 Å². The van der Waals surface area contributed by atoms with Gasteiger partial charge in [-0.25, -0.2) is 9.99 Å². The van der Waals surface area contributed by atoms with Crippen molar-refractivity contribution in [2.75, 3.05) is 11.2 Å². The van der Waals surface area contributed by atoms with Gasteiger partial charge in [0.2, 0.25) is 0 Å². The molecule has 5 nitrogen and oxygen atoms in total. The summed E-state index contributed by atoms with van der Waals surface area (Å²) in [5.74, 6) is 1.17. The van der Waals surface area contributed by atoms with Crippen molar-refractivity contribution in [3.8, 4) is 0 Å². The van der Waals surface area contributed by atoms with Crippen LogP contribution >= 0.6 is 0 Å². The van der Waals surface area contributed by atoms with E-state index >= 15 is 0 Å². The maximum atomic E-state index is 5.60. The number of nitrogen functional groups attached to an aromatic ring is 1. The Morgan fingerprint density at radius 3 is 2.62 bits per heavy atom. The molecule has 2 atom stereocenters. The van der Waals surface area contributed by atoms with Crippen LogP contribution in [-0.4, -0.2) is 27.1 Å². The second-order valence-electron chi connectivity index (χ2n) is 4.48. The van der Waals surface area contributed by atoms with E-state index < -0.39 is 0 Å². The highest BCUT2D eigenvalue weighted by Gasteiger charge is 2.24. The first-order valence-corrected chi connectivity index (χ1v) is 5.79. The first-order valence-electron chi connectivity index (χ1n) is 5.79. The Hall–Kier alpha value is -1.36. The summed E-state index contributed by atoms with van der Waals surface area (Å²) in [6, 6.07) is 1.04. The molecule has 0 saturated carbocycles. The number of anilines is 2. The van der Waals surface area contributed by atoms with E-state index in [2.05, 4.69) is 34.3 Å². The molecule has 1 aromatic rings. The predicted molar refractivity (Wildman–Crippen MR) is 64.7 cm³/mol. The summed E-state index contributed by atoms with van der Waals surface area (Å²) in [6.07, 6.45) is 6.97. The van der Waals surface area contributed by atoms with E-state index in [0.29, 0.717) is 17.9 Å². The lowest BCUT2D eigenvalue weighted by molar-refractivity contribution is 0.135. The normalized spacial score (nSPS) is 26.6. The van der Waals surface area contributed by atoms with E-state index in [4.69, 9.17) is 5.73 Å². The Bertz CT molecular complexity index is 344. The average Bonchev–Trinajstić information content (AvgIpc) is 2.24. The predicted octanol–water partition coefficient (Wildman–Crippen LogP) is 1.65. The van der Waals surface area contributed by atoms with Gasteiger partial charge in [0.05, 0.1) is 12.4 Å². The average molecular weight is 221 g/mol. The number of piperidine rings is 1. The Labute approximate surface area is 96.0 Å². The van der Waals surface area contributed by atoms with Gasteiger partial charge in [-0.2, -0.15) is 0 Å². The fourth-order valence-corrected chi connectivity index (χ4v) is 2.21. The number of aromatic nitrogens is 2. The highest BCUT2D eigenvalue weighted by molar-refractivity contribution is 5.37. The Kier molecular flexibility index (Phi) is 3.24. The maximum Gasteiger partial charge on any atom is 0.161 e. The number of nitrogens with zero attached hydrogens (tertiary/aromatic N) is 3. The Morgan fingerprint density at radius 1 is 1.31 bits per heavy atom. The lowest BCUT2D eigenvalue weighted by Gasteiger charge is -2.38. The molecule has 1 fully saturated rings. The Balaban J connectivity index is 2.07. The molecule has 5 heteroatoms. The minimum atomic E-state index is 0.447. The standard InChI is InChI=1S/C11H19N5/c1-8-4-3-5-9(2)16(8)15-11-7-13-6-10(12)14-11/h6-9H,3-5H2,1-2H3,(H3,12,14,15). The molecule has 0 aliphatic carbocycles. The van der Waals surface area contributed by atoms with Crippen molar-refractivity contribution in [2.24, 2.45) is 0 Å². The van der Waals surface area contributed by atoms with Gasteiger partial charge in [0.15, 0.2) is 5.82 Å². The molecule has 1 aromatic heterocycles. The van der Waals surface area contributed by atoms with Gasteiger partial charge in [0, 0.05) is 12.1 Å². The number of nitrogens with one attached hydrogen (secondary N) is 1. The third-order valence-electron chi connectivity index (χ3n) is 3.09. The van der Waals surface area contributed by atoms with E-state index in [-0.39, 0.29) is 0 Å². The van der Waals surface area contributed by atoms with E-state index in [1.165, 1.54) is 19.3 Å². The van der Waals surface area contributed by atoms with Crippen LogP contribution in [0.2, 0.25) is 0 Å². The van der Waals surface area contributed by atoms with Crippen LogP contribution in [0.15, 0.2) is 12.4 Å². The zero-order valence-corrected chi connectivity index (χ0v) is 9.85. The number of hydrogen-bond donors (Lipinski definition) is 2. The number of hydrazine groups is 1. The van der Waals surface area contributed by atoms with Gasteiger partial charge in [0.25, 0.3) is 0 Å². The van der Waals surface area contributed by atoms with Crippen molar-refractivity contribution in [2.45, 2.75) is 45.2 Å². The number of nitrogens with two attached hydrogens (primary N) is 1. The van der Waals surface area contributed by atoms with Gasteiger partial charge in [-0.05, 0) is 26.7 Å². The smallest absolute Gasteiger partial charge is 0.161 e. The molecule has 1 saturated heterocycles. The molecule has 1 aliphatic rings. The maximum absolute atomic E-state index is 5.60. The van der Waals surface area contributed by atoms with Gasteiger partial charge in [-0.1, -0.05) is 6.42 Å². The van der Waals surface area contributed by atoms with Crippen molar-refractivity contribution < 1.29 is 0 Å². The fourth-order valence-electron chi connectivity index (χ4n) is 2.21. The third-order valence-corrected chi connectivity index (χ3v) is 3.09. The first-order chi connectivity index (χ1) is 7.66. The summed E-state index contributed by atoms with van der Waals surface area (Å²) >= 11 is 0. The quantitative estimate of drug-likeness (QED) is 0.794. The van der Waals surface area contributed by atoms with E-state index in [1.54, 1.807) is 12.4 Å². The highest BCUT2D eigenvalue weighted by Crippen LogP contribution is 2.22. The molecule has 88 valence electrons. The van der Waals surface area contributed by atoms with Crippen LogP contribution in [0.25, 0.3) is 0 Å². The number of rotatable bonds is 2. The molecule has 1 aliphatic heterocycles. The second kappa shape index (κ2) is 4.65. The van der Waals surface area contributed by atoms with Gasteiger partial charge in [-0.15, -0.1) is 0 Å².